The van der Waals surface area contributed by atoms with Crippen molar-refractivity contribution in [3.05, 3.63) is 52.3 Å². The van der Waals surface area contributed by atoms with Crippen LogP contribution in [0.1, 0.15) is 17.5 Å². The monoisotopic (exact) mass is 384 g/mol. The summed E-state index contributed by atoms with van der Waals surface area (Å²) < 4.78 is 12.4. The van der Waals surface area contributed by atoms with Crippen molar-refractivity contribution in [1.82, 2.24) is 10.3 Å². The lowest BCUT2D eigenvalue weighted by Crippen LogP contribution is -2.13. The second kappa shape index (κ2) is 8.36. The molecule has 0 fully saturated rings. The van der Waals surface area contributed by atoms with Crippen LogP contribution in [0.2, 0.25) is 0 Å². The predicted octanol–water partition coefficient (Wildman–Crippen LogP) is 3.72. The molecule has 0 radical (unpaired) electrons. The molecule has 1 N–H and O–H groups in total. The smallest absolute Gasteiger partial charge is 0.175 e. The second-order valence-electron chi connectivity index (χ2n) is 4.92. The highest BCUT2D eigenvalue weighted by Crippen LogP contribution is 2.38. The molecule has 6 heteroatoms. The van der Waals surface area contributed by atoms with E-state index in [-0.39, 0.29) is 12.4 Å². The first-order valence-corrected chi connectivity index (χ1v) is 7.80. The van der Waals surface area contributed by atoms with Gasteiger partial charge in [-0.2, -0.15) is 0 Å². The number of aromatic nitrogens is 1. The lowest BCUT2D eigenvalue weighted by Gasteiger charge is -2.12. The second-order valence-corrected chi connectivity index (χ2v) is 5.77. The zero-order chi connectivity index (χ0) is 14.5. The Morgan fingerprint density at radius 2 is 1.95 bits per heavy atom. The predicted molar refractivity (Wildman–Crippen MR) is 91.8 cm³/mol. The van der Waals surface area contributed by atoms with Crippen molar-refractivity contribution in [3.63, 3.8) is 0 Å². The van der Waals surface area contributed by atoms with E-state index >= 15 is 0 Å². The third kappa shape index (κ3) is 4.35. The third-order valence-corrected chi connectivity index (χ3v) is 3.83. The molecule has 1 aliphatic rings. The summed E-state index contributed by atoms with van der Waals surface area (Å²) in [5.74, 6) is 1.63. The van der Waals surface area contributed by atoms with Crippen LogP contribution in [-0.4, -0.2) is 18.2 Å². The van der Waals surface area contributed by atoms with E-state index in [0.717, 1.165) is 41.0 Å². The molecule has 2 heterocycles. The molecule has 0 aliphatic carbocycles. The summed E-state index contributed by atoms with van der Waals surface area (Å²) in [6.45, 7) is 2.96. The van der Waals surface area contributed by atoms with E-state index in [4.69, 9.17) is 9.47 Å². The number of benzene rings is 1. The summed E-state index contributed by atoms with van der Waals surface area (Å²) in [6.07, 6.45) is 4.57. The molecule has 1 aliphatic heterocycles. The van der Waals surface area contributed by atoms with Crippen molar-refractivity contribution in [2.75, 3.05) is 13.2 Å². The van der Waals surface area contributed by atoms with Gasteiger partial charge >= 0.3 is 0 Å². The van der Waals surface area contributed by atoms with E-state index in [1.54, 1.807) is 6.20 Å². The molecule has 0 saturated heterocycles. The van der Waals surface area contributed by atoms with Gasteiger partial charge in [0.05, 0.1) is 17.7 Å². The van der Waals surface area contributed by atoms with Gasteiger partial charge in [-0.15, -0.1) is 12.4 Å². The van der Waals surface area contributed by atoms with Gasteiger partial charge in [0.15, 0.2) is 11.5 Å². The molecule has 0 bridgehead atoms. The van der Waals surface area contributed by atoms with Gasteiger partial charge in [-0.25, -0.2) is 0 Å². The Labute approximate surface area is 144 Å². The molecule has 2 aromatic rings. The average Bonchev–Trinajstić information content (AvgIpc) is 2.74. The summed E-state index contributed by atoms with van der Waals surface area (Å²) in [6, 6.07) is 8.12. The average molecular weight is 386 g/mol. The molecule has 4 nitrogen and oxygen atoms in total. The Morgan fingerprint density at radius 3 is 2.77 bits per heavy atom. The van der Waals surface area contributed by atoms with Gasteiger partial charge in [-0.05, 0) is 45.3 Å². The number of halogens is 2. The van der Waals surface area contributed by atoms with Gasteiger partial charge in [-0.3, -0.25) is 4.98 Å². The molecule has 0 spiro atoms. The summed E-state index contributed by atoms with van der Waals surface area (Å²) in [4.78, 5) is 4.11. The van der Waals surface area contributed by atoms with Crippen LogP contribution in [0.5, 0.6) is 11.5 Å². The fraction of sp³-hybridized carbons (Fsp3) is 0.312. The fourth-order valence-corrected chi connectivity index (χ4v) is 2.84. The van der Waals surface area contributed by atoms with Crippen LogP contribution in [-0.2, 0) is 13.1 Å². The number of fused-ring (bicyclic) bond motifs is 1. The quantitative estimate of drug-likeness (QED) is 0.871. The summed E-state index contributed by atoms with van der Waals surface area (Å²) in [5, 5.41) is 3.41. The van der Waals surface area contributed by atoms with Crippen LogP contribution < -0.4 is 14.8 Å². The summed E-state index contributed by atoms with van der Waals surface area (Å²) in [5.41, 5.74) is 2.33. The van der Waals surface area contributed by atoms with Crippen molar-refractivity contribution < 1.29 is 9.47 Å². The normalized spacial score (nSPS) is 13.1. The highest BCUT2D eigenvalue weighted by atomic mass is 79.9. The van der Waals surface area contributed by atoms with E-state index in [0.29, 0.717) is 13.2 Å². The summed E-state index contributed by atoms with van der Waals surface area (Å²) in [7, 11) is 0. The molecule has 0 atom stereocenters. The summed E-state index contributed by atoms with van der Waals surface area (Å²) >= 11 is 3.56. The Hall–Kier alpha value is -1.30. The highest BCUT2D eigenvalue weighted by Gasteiger charge is 2.15. The zero-order valence-electron chi connectivity index (χ0n) is 12.0. The van der Waals surface area contributed by atoms with Crippen LogP contribution in [0.4, 0.5) is 0 Å². The van der Waals surface area contributed by atoms with E-state index in [1.165, 1.54) is 5.56 Å². The number of hydrogen-bond acceptors (Lipinski definition) is 4. The van der Waals surface area contributed by atoms with Gasteiger partial charge in [-0.1, -0.05) is 6.07 Å². The first kappa shape index (κ1) is 17.1. The molecule has 1 aromatic carbocycles. The number of ether oxygens (including phenoxy) is 2. The van der Waals surface area contributed by atoms with E-state index < -0.39 is 0 Å². The van der Waals surface area contributed by atoms with E-state index in [9.17, 15) is 0 Å². The maximum absolute atomic E-state index is 5.74. The molecule has 3 rings (SSSR count). The van der Waals surface area contributed by atoms with Crippen LogP contribution in [0, 0.1) is 0 Å². The fourth-order valence-electron chi connectivity index (χ4n) is 2.24. The minimum Gasteiger partial charge on any atom is -0.490 e. The van der Waals surface area contributed by atoms with Crippen LogP contribution in [0.25, 0.3) is 0 Å². The maximum atomic E-state index is 5.74. The Bertz CT molecular complexity index is 611. The number of pyridine rings is 1. The number of nitrogens with zero attached hydrogens (tertiary/aromatic N) is 1. The van der Waals surface area contributed by atoms with E-state index in [1.807, 2.05) is 18.3 Å². The van der Waals surface area contributed by atoms with E-state index in [2.05, 4.69) is 38.4 Å². The molecular weight excluding hydrogens is 368 g/mol. The Morgan fingerprint density at radius 1 is 1.14 bits per heavy atom. The van der Waals surface area contributed by atoms with Crippen molar-refractivity contribution in [1.29, 1.82) is 0 Å². The number of hydrogen-bond donors (Lipinski definition) is 1. The lowest BCUT2D eigenvalue weighted by molar-refractivity contribution is 0.296. The van der Waals surface area contributed by atoms with Crippen LogP contribution in [0.3, 0.4) is 0 Å². The molecule has 0 unspecified atom stereocenters. The van der Waals surface area contributed by atoms with Crippen LogP contribution >= 0.6 is 28.3 Å². The van der Waals surface area contributed by atoms with Gasteiger partial charge in [0, 0.05) is 31.9 Å². The SMILES string of the molecule is Brc1cc(CNCc2cccnc2)cc2c1OCCCO2.Cl. The van der Waals surface area contributed by atoms with Crippen molar-refractivity contribution in [2.24, 2.45) is 0 Å². The third-order valence-electron chi connectivity index (χ3n) is 3.24. The minimum atomic E-state index is 0. The zero-order valence-corrected chi connectivity index (χ0v) is 14.5. The standard InChI is InChI=1S/C16H17BrN2O2.ClH/c17-14-7-13(8-15-16(14)21-6-2-5-20-15)11-19-10-12-3-1-4-18-9-12;/h1,3-4,7-9,19H,2,5-6,10-11H2;1H. The molecule has 0 amide bonds. The Kier molecular flexibility index (Phi) is 6.49. The molecule has 0 saturated carbocycles. The lowest BCUT2D eigenvalue weighted by atomic mass is 10.2. The minimum absolute atomic E-state index is 0. The molecular formula is C16H18BrClN2O2. The molecule has 1 aromatic heterocycles. The van der Waals surface area contributed by atoms with Crippen molar-refractivity contribution in [2.45, 2.75) is 19.5 Å². The molecule has 118 valence electrons. The van der Waals surface area contributed by atoms with Gasteiger partial charge in [0.1, 0.15) is 0 Å². The first-order chi connectivity index (χ1) is 10.3. The van der Waals surface area contributed by atoms with Gasteiger partial charge in [0.2, 0.25) is 0 Å². The van der Waals surface area contributed by atoms with Crippen molar-refractivity contribution in [3.8, 4) is 11.5 Å². The number of nitrogens with one attached hydrogen (secondary N) is 1. The van der Waals surface area contributed by atoms with Crippen molar-refractivity contribution >= 4 is 28.3 Å². The molecule has 22 heavy (non-hydrogen) atoms. The Balaban J connectivity index is 0.00000176. The van der Waals surface area contributed by atoms with Crippen LogP contribution in [0.15, 0.2) is 41.1 Å². The first-order valence-electron chi connectivity index (χ1n) is 7.00. The topological polar surface area (TPSA) is 43.4 Å². The number of rotatable bonds is 4. The van der Waals surface area contributed by atoms with Gasteiger partial charge in [0.25, 0.3) is 0 Å². The highest BCUT2D eigenvalue weighted by molar-refractivity contribution is 9.10. The van der Waals surface area contributed by atoms with Gasteiger partial charge < -0.3 is 14.8 Å². The maximum Gasteiger partial charge on any atom is 0.175 e. The largest absolute Gasteiger partial charge is 0.490 e.